The maximum atomic E-state index is 12.7. The molecule has 1 atom stereocenters. The van der Waals surface area contributed by atoms with Gasteiger partial charge in [0.25, 0.3) is 5.56 Å². The van der Waals surface area contributed by atoms with Crippen LogP contribution >= 0.6 is 0 Å². The van der Waals surface area contributed by atoms with Gasteiger partial charge in [0.15, 0.2) is 0 Å². The van der Waals surface area contributed by atoms with Crippen molar-refractivity contribution in [1.82, 2.24) is 14.5 Å². The molecule has 112 valence electrons. The van der Waals surface area contributed by atoms with Crippen LogP contribution in [0.5, 0.6) is 5.75 Å². The van der Waals surface area contributed by atoms with Crippen LogP contribution in [-0.2, 0) is 6.54 Å². The molecule has 0 aliphatic carbocycles. The summed E-state index contributed by atoms with van der Waals surface area (Å²) in [6.07, 6.45) is 2.77. The van der Waals surface area contributed by atoms with Crippen molar-refractivity contribution in [3.05, 3.63) is 34.9 Å². The average molecular weight is 287 g/mol. The minimum absolute atomic E-state index is 0.00896. The Morgan fingerprint density at radius 1 is 1.43 bits per heavy atom. The fourth-order valence-electron chi connectivity index (χ4n) is 3.19. The van der Waals surface area contributed by atoms with Crippen molar-refractivity contribution in [3.63, 3.8) is 0 Å². The van der Waals surface area contributed by atoms with Gasteiger partial charge < -0.3 is 9.64 Å². The molecule has 3 rings (SSSR count). The van der Waals surface area contributed by atoms with E-state index < -0.39 is 0 Å². The molecule has 1 fully saturated rings. The Bertz CT molecular complexity index is 725. The lowest BCUT2D eigenvalue weighted by Crippen LogP contribution is -2.32. The second kappa shape index (κ2) is 5.15. The highest BCUT2D eigenvalue weighted by Crippen LogP contribution is 2.30. The zero-order chi connectivity index (χ0) is 15.0. The van der Waals surface area contributed by atoms with Crippen molar-refractivity contribution in [2.45, 2.75) is 19.9 Å². The Hall–Kier alpha value is -1.88. The van der Waals surface area contributed by atoms with Gasteiger partial charge in [-0.2, -0.15) is 0 Å². The van der Waals surface area contributed by atoms with Gasteiger partial charge in [0.1, 0.15) is 5.75 Å². The summed E-state index contributed by atoms with van der Waals surface area (Å²) in [6, 6.07) is 5.42. The molecule has 1 aliphatic heterocycles. The molecular weight excluding hydrogens is 266 g/mol. The lowest BCUT2D eigenvalue weighted by Gasteiger charge is -2.24. The summed E-state index contributed by atoms with van der Waals surface area (Å²) in [7, 11) is 3.73. The van der Waals surface area contributed by atoms with Gasteiger partial charge in [0.2, 0.25) is 0 Å². The van der Waals surface area contributed by atoms with Gasteiger partial charge in [-0.3, -0.25) is 9.36 Å². The van der Waals surface area contributed by atoms with Crippen LogP contribution in [-0.4, -0.2) is 41.7 Å². The molecule has 2 heterocycles. The first-order valence-electron chi connectivity index (χ1n) is 7.22. The minimum Gasteiger partial charge on any atom is -0.497 e. The summed E-state index contributed by atoms with van der Waals surface area (Å²) in [4.78, 5) is 19.4. The predicted octanol–water partition coefficient (Wildman–Crippen LogP) is 1.75. The summed E-state index contributed by atoms with van der Waals surface area (Å²) in [6.45, 7) is 5.03. The van der Waals surface area contributed by atoms with Crippen LogP contribution in [0.1, 0.15) is 13.3 Å². The lowest BCUT2D eigenvalue weighted by molar-refractivity contribution is 0.265. The van der Waals surface area contributed by atoms with Crippen molar-refractivity contribution >= 4 is 10.9 Å². The number of aromatic nitrogens is 2. The fourth-order valence-corrected chi connectivity index (χ4v) is 3.19. The molecule has 0 spiro atoms. The molecule has 1 aromatic carbocycles. The second-order valence-electron chi connectivity index (χ2n) is 6.36. The van der Waals surface area contributed by atoms with E-state index in [2.05, 4.69) is 23.9 Å². The first kappa shape index (κ1) is 14.1. The van der Waals surface area contributed by atoms with Crippen molar-refractivity contribution in [2.24, 2.45) is 5.41 Å². The maximum Gasteiger partial charge on any atom is 0.261 e. The molecule has 0 N–H and O–H groups in total. The molecule has 0 saturated carbocycles. The topological polar surface area (TPSA) is 47.4 Å². The molecule has 1 aromatic heterocycles. The quantitative estimate of drug-likeness (QED) is 0.863. The lowest BCUT2D eigenvalue weighted by atomic mass is 9.90. The molecule has 2 aromatic rings. The highest BCUT2D eigenvalue weighted by atomic mass is 16.5. The normalized spacial score (nSPS) is 22.8. The monoisotopic (exact) mass is 287 g/mol. The van der Waals surface area contributed by atoms with Gasteiger partial charge in [-0.1, -0.05) is 6.92 Å². The van der Waals surface area contributed by atoms with Crippen LogP contribution in [0.3, 0.4) is 0 Å². The zero-order valence-electron chi connectivity index (χ0n) is 12.8. The molecule has 0 bridgehead atoms. The molecular formula is C16H21N3O2. The average Bonchev–Trinajstić information content (AvgIpc) is 2.81. The number of methoxy groups -OCH3 is 1. The van der Waals surface area contributed by atoms with Crippen molar-refractivity contribution in [2.75, 3.05) is 27.2 Å². The van der Waals surface area contributed by atoms with Crippen LogP contribution in [0.15, 0.2) is 29.3 Å². The van der Waals surface area contributed by atoms with Gasteiger partial charge in [-0.05, 0) is 43.6 Å². The van der Waals surface area contributed by atoms with Crippen molar-refractivity contribution in [3.8, 4) is 5.75 Å². The van der Waals surface area contributed by atoms with Gasteiger partial charge in [-0.25, -0.2) is 4.98 Å². The first-order valence-corrected chi connectivity index (χ1v) is 7.22. The first-order chi connectivity index (χ1) is 10.0. The van der Waals surface area contributed by atoms with E-state index >= 15 is 0 Å². The Labute approximate surface area is 124 Å². The standard InChI is InChI=1S/C16H21N3O2/c1-16(6-7-18(2)9-16)10-19-11-17-14-5-4-12(21-3)8-13(14)15(19)20/h4-5,8,11H,6-7,9-10H2,1-3H3/t16-/m1/s1. The molecule has 0 radical (unpaired) electrons. The molecule has 5 nitrogen and oxygen atoms in total. The summed E-state index contributed by atoms with van der Waals surface area (Å²) in [5, 5.41) is 0.617. The Kier molecular flexibility index (Phi) is 3.45. The Morgan fingerprint density at radius 3 is 2.90 bits per heavy atom. The smallest absolute Gasteiger partial charge is 0.261 e. The van der Waals surface area contributed by atoms with Crippen LogP contribution in [0.25, 0.3) is 10.9 Å². The van der Waals surface area contributed by atoms with E-state index in [9.17, 15) is 4.79 Å². The molecule has 0 amide bonds. The van der Waals surface area contributed by atoms with Crippen molar-refractivity contribution < 1.29 is 4.74 Å². The van der Waals surface area contributed by atoms with E-state index in [-0.39, 0.29) is 11.0 Å². The summed E-state index contributed by atoms with van der Waals surface area (Å²) < 4.78 is 6.94. The number of fused-ring (bicyclic) bond motifs is 1. The third kappa shape index (κ3) is 2.65. The van der Waals surface area contributed by atoms with Crippen LogP contribution in [0.2, 0.25) is 0 Å². The minimum atomic E-state index is 0.00896. The third-order valence-corrected chi connectivity index (χ3v) is 4.33. The van der Waals surface area contributed by atoms with E-state index in [0.29, 0.717) is 23.2 Å². The Balaban J connectivity index is 2.00. The second-order valence-corrected chi connectivity index (χ2v) is 6.36. The van der Waals surface area contributed by atoms with Gasteiger partial charge in [-0.15, -0.1) is 0 Å². The van der Waals surface area contributed by atoms with E-state index in [1.165, 1.54) is 0 Å². The van der Waals surface area contributed by atoms with Gasteiger partial charge in [0, 0.05) is 13.1 Å². The number of rotatable bonds is 3. The van der Waals surface area contributed by atoms with E-state index in [4.69, 9.17) is 4.74 Å². The van der Waals surface area contributed by atoms with Gasteiger partial charge >= 0.3 is 0 Å². The van der Waals surface area contributed by atoms with Crippen molar-refractivity contribution in [1.29, 1.82) is 0 Å². The molecule has 0 unspecified atom stereocenters. The van der Waals surface area contributed by atoms with Gasteiger partial charge in [0.05, 0.1) is 24.3 Å². The van der Waals surface area contributed by atoms with Crippen LogP contribution in [0, 0.1) is 5.41 Å². The van der Waals surface area contributed by atoms with E-state index in [0.717, 1.165) is 19.5 Å². The number of hydrogen-bond donors (Lipinski definition) is 0. The van der Waals surface area contributed by atoms with E-state index in [1.807, 2.05) is 12.1 Å². The molecule has 5 heteroatoms. The third-order valence-electron chi connectivity index (χ3n) is 4.33. The largest absolute Gasteiger partial charge is 0.497 e. The van der Waals surface area contributed by atoms with E-state index in [1.54, 1.807) is 24.1 Å². The molecule has 21 heavy (non-hydrogen) atoms. The number of nitrogens with zero attached hydrogens (tertiary/aromatic N) is 3. The number of hydrogen-bond acceptors (Lipinski definition) is 4. The van der Waals surface area contributed by atoms with Crippen LogP contribution < -0.4 is 10.3 Å². The summed E-state index contributed by atoms with van der Waals surface area (Å²) in [5.74, 6) is 0.686. The number of likely N-dealkylation sites (tertiary alicyclic amines) is 1. The summed E-state index contributed by atoms with van der Waals surface area (Å²) in [5.41, 5.74) is 0.854. The molecule has 1 aliphatic rings. The number of ether oxygens (including phenoxy) is 1. The van der Waals surface area contributed by atoms with Crippen LogP contribution in [0.4, 0.5) is 0 Å². The highest BCUT2D eigenvalue weighted by molar-refractivity contribution is 5.78. The molecule has 1 saturated heterocycles. The fraction of sp³-hybridized carbons (Fsp3) is 0.500. The SMILES string of the molecule is COc1ccc2ncn(C[C@]3(C)CCN(C)C3)c(=O)c2c1. The zero-order valence-corrected chi connectivity index (χ0v) is 12.8. The highest BCUT2D eigenvalue weighted by Gasteiger charge is 2.32. The summed E-state index contributed by atoms with van der Waals surface area (Å²) >= 11 is 0. The predicted molar refractivity (Wildman–Crippen MR) is 82.8 cm³/mol. The number of benzene rings is 1. The maximum absolute atomic E-state index is 12.7. The Morgan fingerprint density at radius 2 is 2.24 bits per heavy atom.